The van der Waals surface area contributed by atoms with Gasteiger partial charge in [-0.25, -0.2) is 8.91 Å². The van der Waals surface area contributed by atoms with Gasteiger partial charge in [0, 0.05) is 21.8 Å². The van der Waals surface area contributed by atoms with Crippen molar-refractivity contribution < 1.29 is 4.39 Å². The zero-order chi connectivity index (χ0) is 14.3. The highest BCUT2D eigenvalue weighted by Gasteiger charge is 2.20. The third-order valence-corrected chi connectivity index (χ3v) is 4.45. The summed E-state index contributed by atoms with van der Waals surface area (Å²) in [7, 11) is 0. The summed E-state index contributed by atoms with van der Waals surface area (Å²) in [6.45, 7) is 0. The van der Waals surface area contributed by atoms with Gasteiger partial charge in [-0.1, -0.05) is 23.7 Å². The lowest BCUT2D eigenvalue weighted by atomic mass is 10.0. The largest absolute Gasteiger partial charge is 0.320 e. The Kier molecular flexibility index (Phi) is 3.50. The molecule has 20 heavy (non-hydrogen) atoms. The Hall–Kier alpha value is -1.43. The van der Waals surface area contributed by atoms with E-state index >= 15 is 0 Å². The van der Waals surface area contributed by atoms with Gasteiger partial charge in [-0.05, 0) is 34.1 Å². The van der Waals surface area contributed by atoms with Crippen LogP contribution in [0.25, 0.3) is 5.52 Å². The highest BCUT2D eigenvalue weighted by atomic mass is 79.9. The molecule has 0 bridgehead atoms. The maximum absolute atomic E-state index is 14.2. The molecular weight excluding hydrogens is 345 g/mol. The molecule has 0 fully saturated rings. The molecule has 0 aliphatic carbocycles. The molecule has 102 valence electrons. The van der Waals surface area contributed by atoms with Crippen LogP contribution in [0.5, 0.6) is 0 Å². The molecule has 6 heteroatoms. The van der Waals surface area contributed by atoms with Crippen molar-refractivity contribution in [3.8, 4) is 0 Å². The number of halogens is 3. The van der Waals surface area contributed by atoms with Crippen LogP contribution < -0.4 is 5.73 Å². The molecule has 0 amide bonds. The zero-order valence-electron chi connectivity index (χ0n) is 10.2. The van der Waals surface area contributed by atoms with Crippen molar-refractivity contribution in [3.63, 3.8) is 0 Å². The molecule has 2 heterocycles. The monoisotopic (exact) mass is 353 g/mol. The van der Waals surface area contributed by atoms with E-state index in [0.29, 0.717) is 10.0 Å². The molecular formula is C14H10BrClFN3. The van der Waals surface area contributed by atoms with Gasteiger partial charge in [0.05, 0.1) is 22.8 Å². The molecule has 1 unspecified atom stereocenters. The number of nitrogens with zero attached hydrogens (tertiary/aromatic N) is 2. The van der Waals surface area contributed by atoms with Gasteiger partial charge < -0.3 is 5.73 Å². The number of rotatable bonds is 2. The van der Waals surface area contributed by atoms with Gasteiger partial charge in [-0.3, -0.25) is 0 Å². The van der Waals surface area contributed by atoms with Gasteiger partial charge >= 0.3 is 0 Å². The molecule has 0 aliphatic rings. The molecule has 1 atom stereocenters. The molecule has 0 spiro atoms. The fraction of sp³-hybridized carbons (Fsp3) is 0.0714. The summed E-state index contributed by atoms with van der Waals surface area (Å²) < 4.78 is 16.4. The number of hydrogen-bond donors (Lipinski definition) is 1. The van der Waals surface area contributed by atoms with E-state index in [4.69, 9.17) is 17.3 Å². The normalized spacial score (nSPS) is 12.8. The first kappa shape index (κ1) is 13.5. The summed E-state index contributed by atoms with van der Waals surface area (Å²) in [6.07, 6.45) is 3.46. The minimum absolute atomic E-state index is 0.0365. The Morgan fingerprint density at radius 2 is 2.05 bits per heavy atom. The second-order valence-corrected chi connectivity index (χ2v) is 5.60. The van der Waals surface area contributed by atoms with Gasteiger partial charge in [0.1, 0.15) is 5.82 Å². The van der Waals surface area contributed by atoms with Crippen molar-refractivity contribution in [1.29, 1.82) is 0 Å². The Balaban J connectivity index is 2.13. The van der Waals surface area contributed by atoms with E-state index in [-0.39, 0.29) is 5.02 Å². The summed E-state index contributed by atoms with van der Waals surface area (Å²) in [4.78, 5) is 0. The maximum Gasteiger partial charge on any atom is 0.148 e. The fourth-order valence-electron chi connectivity index (χ4n) is 2.14. The third-order valence-electron chi connectivity index (χ3n) is 3.19. The summed E-state index contributed by atoms with van der Waals surface area (Å²) >= 11 is 9.10. The second kappa shape index (κ2) is 5.16. The number of nitrogens with two attached hydrogens (primary N) is 1. The first-order valence-corrected chi connectivity index (χ1v) is 7.08. The molecule has 1 aromatic carbocycles. The van der Waals surface area contributed by atoms with Crippen LogP contribution in [0, 0.1) is 5.82 Å². The van der Waals surface area contributed by atoms with Crippen molar-refractivity contribution in [3.05, 3.63) is 69.2 Å². The fourth-order valence-corrected chi connectivity index (χ4v) is 2.62. The van der Waals surface area contributed by atoms with Crippen molar-refractivity contribution >= 4 is 33.0 Å². The second-order valence-electron chi connectivity index (χ2n) is 4.37. The lowest BCUT2D eigenvalue weighted by Gasteiger charge is -2.13. The zero-order valence-corrected chi connectivity index (χ0v) is 12.6. The molecule has 3 nitrogen and oxygen atoms in total. The quantitative estimate of drug-likeness (QED) is 0.708. The van der Waals surface area contributed by atoms with Crippen LogP contribution in [0.2, 0.25) is 5.02 Å². The van der Waals surface area contributed by atoms with Gasteiger partial charge in [0.25, 0.3) is 0 Å². The Morgan fingerprint density at radius 1 is 1.25 bits per heavy atom. The van der Waals surface area contributed by atoms with Crippen molar-refractivity contribution in [2.45, 2.75) is 6.04 Å². The minimum atomic E-state index is -0.625. The number of aromatic nitrogens is 2. The van der Waals surface area contributed by atoms with Gasteiger partial charge in [0.15, 0.2) is 0 Å². The number of pyridine rings is 1. The molecule has 3 rings (SSSR count). The lowest BCUT2D eigenvalue weighted by molar-refractivity contribution is 0.600. The maximum atomic E-state index is 14.2. The van der Waals surface area contributed by atoms with Crippen LogP contribution in [0.3, 0.4) is 0 Å². The summed E-state index contributed by atoms with van der Waals surface area (Å²) in [5.41, 5.74) is 8.12. The van der Waals surface area contributed by atoms with Crippen LogP contribution in [0.4, 0.5) is 4.39 Å². The van der Waals surface area contributed by atoms with E-state index in [1.165, 1.54) is 0 Å². The van der Waals surface area contributed by atoms with Crippen molar-refractivity contribution in [1.82, 2.24) is 9.61 Å². The van der Waals surface area contributed by atoms with Gasteiger partial charge in [0.2, 0.25) is 0 Å². The van der Waals surface area contributed by atoms with Gasteiger partial charge in [-0.15, -0.1) is 0 Å². The summed E-state index contributed by atoms with van der Waals surface area (Å²) in [5, 5.41) is 4.24. The Bertz CT molecular complexity index is 787. The number of fused-ring (bicyclic) bond motifs is 1. The van der Waals surface area contributed by atoms with E-state index in [2.05, 4.69) is 21.0 Å². The molecule has 2 aromatic heterocycles. The van der Waals surface area contributed by atoms with E-state index < -0.39 is 11.9 Å². The van der Waals surface area contributed by atoms with E-state index in [0.717, 1.165) is 11.1 Å². The topological polar surface area (TPSA) is 43.3 Å². The SMILES string of the molecule is NC(c1ccc(Br)c(Cl)c1F)c1cnn2ccccc12. The predicted molar refractivity (Wildman–Crippen MR) is 80.3 cm³/mol. The smallest absolute Gasteiger partial charge is 0.148 e. The lowest BCUT2D eigenvalue weighted by Crippen LogP contribution is -2.13. The number of benzene rings is 1. The molecule has 0 aliphatic heterocycles. The van der Waals surface area contributed by atoms with Gasteiger partial charge in [-0.2, -0.15) is 5.10 Å². The molecule has 0 saturated carbocycles. The standard InChI is InChI=1S/C14H10BrClFN3/c15-10-5-4-8(13(17)12(10)16)14(18)9-7-19-20-6-2-1-3-11(9)20/h1-7,14H,18H2. The first-order chi connectivity index (χ1) is 9.59. The van der Waals surface area contributed by atoms with Crippen molar-refractivity contribution in [2.24, 2.45) is 5.73 Å². The number of hydrogen-bond acceptors (Lipinski definition) is 2. The van der Waals surface area contributed by atoms with Crippen LogP contribution >= 0.6 is 27.5 Å². The van der Waals surface area contributed by atoms with Crippen LogP contribution in [-0.4, -0.2) is 9.61 Å². The predicted octanol–water partition coefficient (Wildman–Crippen LogP) is 3.94. The highest BCUT2D eigenvalue weighted by molar-refractivity contribution is 9.10. The van der Waals surface area contributed by atoms with Crippen molar-refractivity contribution in [2.75, 3.05) is 0 Å². The Labute approximate surface area is 128 Å². The molecule has 0 radical (unpaired) electrons. The van der Waals surface area contributed by atoms with E-state index in [1.54, 1.807) is 22.8 Å². The summed E-state index contributed by atoms with van der Waals surface area (Å²) in [6, 6.07) is 8.33. The van der Waals surface area contributed by atoms with Crippen LogP contribution in [0.1, 0.15) is 17.2 Å². The minimum Gasteiger partial charge on any atom is -0.320 e. The molecule has 0 saturated heterocycles. The van der Waals surface area contributed by atoms with E-state index in [1.807, 2.05) is 24.4 Å². The Morgan fingerprint density at radius 3 is 2.85 bits per heavy atom. The van der Waals surface area contributed by atoms with Crippen LogP contribution in [0.15, 0.2) is 47.2 Å². The highest BCUT2D eigenvalue weighted by Crippen LogP contribution is 2.32. The average molecular weight is 355 g/mol. The third kappa shape index (κ3) is 2.12. The first-order valence-electron chi connectivity index (χ1n) is 5.91. The van der Waals surface area contributed by atoms with Crippen LogP contribution in [-0.2, 0) is 0 Å². The summed E-state index contributed by atoms with van der Waals surface area (Å²) in [5.74, 6) is -0.510. The molecule has 2 N–H and O–H groups in total. The van der Waals surface area contributed by atoms with E-state index in [9.17, 15) is 4.39 Å². The molecule has 3 aromatic rings. The average Bonchev–Trinajstić information content (AvgIpc) is 2.88.